The Morgan fingerprint density at radius 3 is 2.37 bits per heavy atom. The second-order valence-corrected chi connectivity index (χ2v) is 6.90. The Hall–Kier alpha value is -0.670. The van der Waals surface area contributed by atoms with Crippen molar-refractivity contribution in [3.8, 4) is 0 Å². The first-order valence-corrected chi connectivity index (χ1v) is 7.46. The van der Waals surface area contributed by atoms with Gasteiger partial charge in [-0.25, -0.2) is 8.42 Å². The summed E-state index contributed by atoms with van der Waals surface area (Å²) >= 11 is 3.03. The summed E-state index contributed by atoms with van der Waals surface area (Å²) in [5.74, 6) is 0. The molecular weight excluding hydrogens is 349 g/mol. The minimum absolute atomic E-state index is 0.278. The maximum absolute atomic E-state index is 12.5. The molecule has 0 unspecified atom stereocenters. The average Bonchev–Trinajstić information content (AvgIpc) is 2.24. The van der Waals surface area contributed by atoms with Crippen LogP contribution in [0.1, 0.15) is 13.8 Å². The normalized spacial score (nSPS) is 13.3. The van der Waals surface area contributed by atoms with Crippen molar-refractivity contribution in [2.45, 2.75) is 31.0 Å². The average molecular weight is 361 g/mol. The van der Waals surface area contributed by atoms with E-state index in [1.807, 2.05) is 0 Å². The highest BCUT2D eigenvalue weighted by Gasteiger charge is 2.38. The van der Waals surface area contributed by atoms with E-state index in [9.17, 15) is 21.6 Å². The Labute approximate surface area is 117 Å². The molecule has 4 nitrogen and oxygen atoms in total. The van der Waals surface area contributed by atoms with E-state index < -0.39 is 28.8 Å². The van der Waals surface area contributed by atoms with Crippen LogP contribution in [0.2, 0.25) is 0 Å². The zero-order valence-corrected chi connectivity index (χ0v) is 12.6. The first kappa shape index (κ1) is 16.4. The zero-order valence-electron chi connectivity index (χ0n) is 10.1. The molecule has 19 heavy (non-hydrogen) atoms. The molecule has 0 N–H and O–H groups in total. The van der Waals surface area contributed by atoms with Gasteiger partial charge in [0.25, 0.3) is 0 Å². The van der Waals surface area contributed by atoms with Gasteiger partial charge in [-0.3, -0.25) is 4.98 Å². The van der Waals surface area contributed by atoms with Crippen LogP contribution in [0.15, 0.2) is 27.8 Å². The van der Waals surface area contributed by atoms with Gasteiger partial charge in [-0.1, -0.05) is 0 Å². The van der Waals surface area contributed by atoms with Crippen LogP contribution < -0.4 is 0 Å². The van der Waals surface area contributed by atoms with Gasteiger partial charge in [-0.15, -0.1) is 0 Å². The number of alkyl halides is 3. The van der Waals surface area contributed by atoms with E-state index >= 15 is 0 Å². The van der Waals surface area contributed by atoms with Crippen LogP contribution in [0, 0.1) is 0 Å². The minimum atomic E-state index is -4.60. The summed E-state index contributed by atoms with van der Waals surface area (Å²) in [4.78, 5) is 3.38. The summed E-state index contributed by atoms with van der Waals surface area (Å²) in [5, 5.41) is 0. The Morgan fingerprint density at radius 1 is 1.37 bits per heavy atom. The quantitative estimate of drug-likeness (QED) is 0.829. The lowest BCUT2D eigenvalue weighted by molar-refractivity contribution is -0.138. The standard InChI is InChI=1S/C10H12BrF3N2O2S/c1-7(2)16(6-10(12,13)14)19(17,18)9-3-8(11)4-15-5-9/h3-5,7H,6H2,1-2H3. The summed E-state index contributed by atoms with van der Waals surface area (Å²) in [7, 11) is -4.24. The molecule has 0 aliphatic rings. The molecular formula is C10H12BrF3N2O2S. The van der Waals surface area contributed by atoms with E-state index in [1.54, 1.807) is 0 Å². The van der Waals surface area contributed by atoms with Gasteiger partial charge in [0.15, 0.2) is 0 Å². The molecule has 0 aromatic carbocycles. The van der Waals surface area contributed by atoms with E-state index in [4.69, 9.17) is 0 Å². The van der Waals surface area contributed by atoms with E-state index in [-0.39, 0.29) is 4.90 Å². The molecule has 1 heterocycles. The van der Waals surface area contributed by atoms with Crippen molar-refractivity contribution in [1.29, 1.82) is 0 Å². The molecule has 1 aromatic heterocycles. The molecule has 0 aliphatic heterocycles. The maximum Gasteiger partial charge on any atom is 0.402 e. The van der Waals surface area contributed by atoms with Crippen LogP contribution in [-0.4, -0.2) is 36.5 Å². The fourth-order valence-electron chi connectivity index (χ4n) is 1.39. The number of nitrogens with zero attached hydrogens (tertiary/aromatic N) is 2. The fourth-order valence-corrected chi connectivity index (χ4v) is 3.52. The lowest BCUT2D eigenvalue weighted by Crippen LogP contribution is -2.43. The first-order valence-electron chi connectivity index (χ1n) is 5.23. The third-order valence-corrected chi connectivity index (χ3v) is 4.62. The SMILES string of the molecule is CC(C)N(CC(F)(F)F)S(=O)(=O)c1cncc(Br)c1. The Balaban J connectivity index is 3.21. The maximum atomic E-state index is 12.5. The van der Waals surface area contributed by atoms with Gasteiger partial charge in [-0.05, 0) is 35.8 Å². The van der Waals surface area contributed by atoms with Crippen molar-refractivity contribution >= 4 is 26.0 Å². The molecule has 0 aliphatic carbocycles. The molecule has 0 saturated heterocycles. The predicted octanol–water partition coefficient (Wildman–Crippen LogP) is 2.81. The fraction of sp³-hybridized carbons (Fsp3) is 0.500. The molecule has 0 saturated carbocycles. The summed E-state index contributed by atoms with van der Waals surface area (Å²) in [5.41, 5.74) is 0. The monoisotopic (exact) mass is 360 g/mol. The minimum Gasteiger partial charge on any atom is -0.262 e. The van der Waals surface area contributed by atoms with E-state index in [1.165, 1.54) is 26.1 Å². The van der Waals surface area contributed by atoms with Gasteiger partial charge < -0.3 is 0 Å². The number of pyridine rings is 1. The highest BCUT2D eigenvalue weighted by Crippen LogP contribution is 2.25. The second-order valence-electron chi connectivity index (χ2n) is 4.10. The largest absolute Gasteiger partial charge is 0.402 e. The van der Waals surface area contributed by atoms with Gasteiger partial charge in [0.1, 0.15) is 11.4 Å². The van der Waals surface area contributed by atoms with Crippen molar-refractivity contribution < 1.29 is 21.6 Å². The highest BCUT2D eigenvalue weighted by atomic mass is 79.9. The third kappa shape index (κ3) is 4.43. The zero-order chi connectivity index (χ0) is 14.8. The molecule has 108 valence electrons. The van der Waals surface area contributed by atoms with Crippen molar-refractivity contribution in [3.05, 3.63) is 22.9 Å². The Bertz CT molecular complexity index is 546. The van der Waals surface area contributed by atoms with E-state index in [0.717, 1.165) is 6.20 Å². The number of aromatic nitrogens is 1. The number of rotatable bonds is 4. The summed E-state index contributed by atoms with van der Waals surface area (Å²) in [6.07, 6.45) is -2.23. The Kier molecular flexibility index (Phi) is 4.97. The molecule has 0 spiro atoms. The highest BCUT2D eigenvalue weighted by molar-refractivity contribution is 9.10. The number of hydrogen-bond donors (Lipinski definition) is 0. The first-order chi connectivity index (χ1) is 8.54. The lowest BCUT2D eigenvalue weighted by Gasteiger charge is -2.26. The molecule has 9 heteroatoms. The van der Waals surface area contributed by atoms with Crippen LogP contribution in [0.25, 0.3) is 0 Å². The molecule has 0 bridgehead atoms. The van der Waals surface area contributed by atoms with Crippen molar-refractivity contribution in [3.63, 3.8) is 0 Å². The van der Waals surface area contributed by atoms with Crippen molar-refractivity contribution in [2.75, 3.05) is 6.54 Å². The van der Waals surface area contributed by atoms with Gasteiger partial charge in [0, 0.05) is 22.9 Å². The van der Waals surface area contributed by atoms with Crippen LogP contribution >= 0.6 is 15.9 Å². The number of sulfonamides is 1. The number of hydrogen-bond acceptors (Lipinski definition) is 3. The second kappa shape index (κ2) is 5.76. The van der Waals surface area contributed by atoms with Crippen LogP contribution in [0.3, 0.4) is 0 Å². The molecule has 0 fully saturated rings. The molecule has 1 aromatic rings. The summed E-state index contributed by atoms with van der Waals surface area (Å²) in [6.45, 7) is 1.24. The number of halogens is 4. The smallest absolute Gasteiger partial charge is 0.262 e. The van der Waals surface area contributed by atoms with Gasteiger partial charge in [0.2, 0.25) is 10.0 Å². The summed E-state index contributed by atoms with van der Waals surface area (Å²) < 4.78 is 62.5. The molecule has 1 rings (SSSR count). The molecule has 0 amide bonds. The Morgan fingerprint density at radius 2 is 1.95 bits per heavy atom. The third-order valence-electron chi connectivity index (χ3n) is 2.20. The van der Waals surface area contributed by atoms with Crippen LogP contribution in [0.5, 0.6) is 0 Å². The molecule has 0 radical (unpaired) electrons. The van der Waals surface area contributed by atoms with E-state index in [0.29, 0.717) is 8.78 Å². The van der Waals surface area contributed by atoms with Gasteiger partial charge in [0.05, 0.1) is 0 Å². The predicted molar refractivity (Wildman–Crippen MR) is 67.0 cm³/mol. The molecule has 0 atom stereocenters. The van der Waals surface area contributed by atoms with E-state index in [2.05, 4.69) is 20.9 Å². The topological polar surface area (TPSA) is 50.3 Å². The lowest BCUT2D eigenvalue weighted by atomic mass is 10.4. The van der Waals surface area contributed by atoms with Gasteiger partial charge in [-0.2, -0.15) is 17.5 Å². The van der Waals surface area contributed by atoms with Crippen molar-refractivity contribution in [2.24, 2.45) is 0 Å². The van der Waals surface area contributed by atoms with Crippen molar-refractivity contribution in [1.82, 2.24) is 9.29 Å². The van der Waals surface area contributed by atoms with Gasteiger partial charge >= 0.3 is 6.18 Å². The van der Waals surface area contributed by atoms with Crippen LogP contribution in [0.4, 0.5) is 13.2 Å². The van der Waals surface area contributed by atoms with Crippen LogP contribution in [-0.2, 0) is 10.0 Å². The summed E-state index contributed by atoms with van der Waals surface area (Å²) in [6, 6.07) is 0.402.